The van der Waals surface area contributed by atoms with Gasteiger partial charge in [0, 0.05) is 11.8 Å². The predicted octanol–water partition coefficient (Wildman–Crippen LogP) is 3.55. The van der Waals surface area contributed by atoms with Gasteiger partial charge in [-0.25, -0.2) is 4.98 Å². The second-order valence-corrected chi connectivity index (χ2v) is 5.51. The third kappa shape index (κ3) is 5.59. The van der Waals surface area contributed by atoms with Gasteiger partial charge in [-0.3, -0.25) is 0 Å². The second-order valence-electron chi connectivity index (χ2n) is 4.47. The maximum Gasteiger partial charge on any atom is 0.256 e. The molecule has 0 radical (unpaired) electrons. The molecular weight excluding hydrogens is 232 g/mol. The number of oxazole rings is 1. The minimum atomic E-state index is 0.614. The summed E-state index contributed by atoms with van der Waals surface area (Å²) in [7, 11) is 0. The third-order valence-electron chi connectivity index (χ3n) is 2.76. The fraction of sp³-hybridized carbons (Fsp3) is 0.769. The van der Waals surface area contributed by atoms with Crippen molar-refractivity contribution in [2.75, 3.05) is 12.3 Å². The van der Waals surface area contributed by atoms with E-state index < -0.39 is 0 Å². The van der Waals surface area contributed by atoms with Gasteiger partial charge in [0.15, 0.2) is 0 Å². The first-order valence-electron chi connectivity index (χ1n) is 6.43. The van der Waals surface area contributed by atoms with E-state index in [9.17, 15) is 0 Å². The molecule has 0 amide bonds. The van der Waals surface area contributed by atoms with Crippen LogP contribution in [-0.2, 0) is 0 Å². The summed E-state index contributed by atoms with van der Waals surface area (Å²) in [6, 6.07) is 0.614. The summed E-state index contributed by atoms with van der Waals surface area (Å²) in [6.45, 7) is 9.51. The standard InChI is InChI=1S/C13H24N2OS/c1-5-8-14-10(2)7-6-9-17-13-15-11(3)12(4)16-13/h10,14H,5-9H2,1-4H3. The summed E-state index contributed by atoms with van der Waals surface area (Å²) in [5, 5.41) is 4.31. The van der Waals surface area contributed by atoms with Crippen LogP contribution in [0.15, 0.2) is 9.64 Å². The van der Waals surface area contributed by atoms with Gasteiger partial charge in [0.1, 0.15) is 5.76 Å². The fourth-order valence-electron chi connectivity index (χ4n) is 1.55. The molecule has 1 unspecified atom stereocenters. The molecule has 0 bridgehead atoms. The molecule has 0 aliphatic rings. The Bertz CT molecular complexity index is 306. The van der Waals surface area contributed by atoms with Crippen molar-refractivity contribution in [3.63, 3.8) is 0 Å². The van der Waals surface area contributed by atoms with Gasteiger partial charge in [0.05, 0.1) is 5.69 Å². The average Bonchev–Trinajstić information content (AvgIpc) is 2.61. The van der Waals surface area contributed by atoms with Crippen molar-refractivity contribution in [2.45, 2.75) is 58.2 Å². The minimum absolute atomic E-state index is 0.614. The van der Waals surface area contributed by atoms with Gasteiger partial charge in [0.2, 0.25) is 0 Å². The van der Waals surface area contributed by atoms with Gasteiger partial charge in [-0.2, -0.15) is 0 Å². The summed E-state index contributed by atoms with van der Waals surface area (Å²) in [5.41, 5.74) is 1.01. The molecule has 0 saturated carbocycles. The van der Waals surface area contributed by atoms with E-state index in [-0.39, 0.29) is 0 Å². The Morgan fingerprint density at radius 2 is 2.18 bits per heavy atom. The number of nitrogens with one attached hydrogen (secondary N) is 1. The van der Waals surface area contributed by atoms with Gasteiger partial charge >= 0.3 is 0 Å². The van der Waals surface area contributed by atoms with Gasteiger partial charge in [-0.05, 0) is 46.6 Å². The summed E-state index contributed by atoms with van der Waals surface area (Å²) in [5.74, 6) is 2.02. The Kier molecular flexibility index (Phi) is 6.66. The van der Waals surface area contributed by atoms with Crippen LogP contribution >= 0.6 is 11.8 Å². The number of thioether (sulfide) groups is 1. The normalized spacial score (nSPS) is 12.9. The maximum absolute atomic E-state index is 5.52. The molecule has 0 aromatic carbocycles. The molecule has 0 aliphatic heterocycles. The van der Waals surface area contributed by atoms with Crippen LogP contribution in [0.5, 0.6) is 0 Å². The Labute approximate surface area is 109 Å². The first-order chi connectivity index (χ1) is 8.13. The molecule has 4 heteroatoms. The molecule has 98 valence electrons. The molecule has 0 aliphatic carbocycles. The van der Waals surface area contributed by atoms with E-state index in [0.717, 1.165) is 29.0 Å². The lowest BCUT2D eigenvalue weighted by molar-refractivity contribution is 0.430. The van der Waals surface area contributed by atoms with Crippen molar-refractivity contribution >= 4 is 11.8 Å². The topological polar surface area (TPSA) is 38.1 Å². The smallest absolute Gasteiger partial charge is 0.256 e. The second kappa shape index (κ2) is 7.77. The summed E-state index contributed by atoms with van der Waals surface area (Å²) in [6.07, 6.45) is 3.61. The number of hydrogen-bond donors (Lipinski definition) is 1. The SMILES string of the molecule is CCCNC(C)CCCSc1nc(C)c(C)o1. The minimum Gasteiger partial charge on any atom is -0.437 e. The van der Waals surface area contributed by atoms with Crippen molar-refractivity contribution in [1.29, 1.82) is 0 Å². The lowest BCUT2D eigenvalue weighted by atomic mass is 10.2. The predicted molar refractivity (Wildman–Crippen MR) is 73.7 cm³/mol. The van der Waals surface area contributed by atoms with Crippen LogP contribution in [0.3, 0.4) is 0 Å². The van der Waals surface area contributed by atoms with E-state index >= 15 is 0 Å². The molecule has 17 heavy (non-hydrogen) atoms. The number of aromatic nitrogens is 1. The van der Waals surface area contributed by atoms with Crippen LogP contribution in [0, 0.1) is 13.8 Å². The van der Waals surface area contributed by atoms with Crippen LogP contribution in [0.2, 0.25) is 0 Å². The van der Waals surface area contributed by atoms with Crippen LogP contribution in [0.1, 0.15) is 44.6 Å². The molecule has 0 spiro atoms. The summed E-state index contributed by atoms with van der Waals surface area (Å²) in [4.78, 5) is 4.36. The largest absolute Gasteiger partial charge is 0.437 e. The van der Waals surface area contributed by atoms with E-state index in [2.05, 4.69) is 24.1 Å². The highest BCUT2D eigenvalue weighted by atomic mass is 32.2. The molecule has 3 nitrogen and oxygen atoms in total. The van der Waals surface area contributed by atoms with Crippen LogP contribution in [0.25, 0.3) is 0 Å². The Balaban J connectivity index is 2.11. The van der Waals surface area contributed by atoms with E-state index in [1.165, 1.54) is 19.3 Å². The first-order valence-corrected chi connectivity index (χ1v) is 7.42. The zero-order valence-electron chi connectivity index (χ0n) is 11.4. The Morgan fingerprint density at radius 3 is 2.76 bits per heavy atom. The molecule has 1 rings (SSSR count). The van der Waals surface area contributed by atoms with Crippen LogP contribution in [-0.4, -0.2) is 23.3 Å². The number of hydrogen-bond acceptors (Lipinski definition) is 4. The van der Waals surface area contributed by atoms with Crippen molar-refractivity contribution in [3.05, 3.63) is 11.5 Å². The Morgan fingerprint density at radius 1 is 1.41 bits per heavy atom. The molecule has 1 aromatic rings. The molecule has 1 N–H and O–H groups in total. The molecule has 1 heterocycles. The van der Waals surface area contributed by atoms with E-state index in [1.54, 1.807) is 11.8 Å². The average molecular weight is 256 g/mol. The monoisotopic (exact) mass is 256 g/mol. The number of nitrogens with zero attached hydrogens (tertiary/aromatic N) is 1. The lowest BCUT2D eigenvalue weighted by Crippen LogP contribution is -2.26. The van der Waals surface area contributed by atoms with Gasteiger partial charge in [-0.15, -0.1) is 0 Å². The summed E-state index contributed by atoms with van der Waals surface area (Å²) < 4.78 is 5.52. The van der Waals surface area contributed by atoms with Crippen molar-refractivity contribution < 1.29 is 4.42 Å². The molecule has 1 atom stereocenters. The van der Waals surface area contributed by atoms with E-state index in [0.29, 0.717) is 6.04 Å². The highest BCUT2D eigenvalue weighted by Crippen LogP contribution is 2.21. The van der Waals surface area contributed by atoms with Crippen LogP contribution < -0.4 is 5.32 Å². The van der Waals surface area contributed by atoms with Crippen LogP contribution in [0.4, 0.5) is 0 Å². The van der Waals surface area contributed by atoms with Gasteiger partial charge in [-0.1, -0.05) is 18.7 Å². The van der Waals surface area contributed by atoms with Crippen molar-refractivity contribution in [2.24, 2.45) is 0 Å². The molecule has 0 fully saturated rings. The Hall–Kier alpha value is -0.480. The van der Waals surface area contributed by atoms with Crippen molar-refractivity contribution in [1.82, 2.24) is 10.3 Å². The quantitative estimate of drug-likeness (QED) is 0.570. The first kappa shape index (κ1) is 14.6. The summed E-state index contributed by atoms with van der Waals surface area (Å²) >= 11 is 1.72. The highest BCUT2D eigenvalue weighted by Gasteiger charge is 2.06. The van der Waals surface area contributed by atoms with Gasteiger partial charge in [0.25, 0.3) is 5.22 Å². The third-order valence-corrected chi connectivity index (χ3v) is 3.67. The maximum atomic E-state index is 5.52. The highest BCUT2D eigenvalue weighted by molar-refractivity contribution is 7.99. The number of rotatable bonds is 8. The number of aryl methyl sites for hydroxylation is 2. The molecule has 1 aromatic heterocycles. The van der Waals surface area contributed by atoms with E-state index in [4.69, 9.17) is 4.42 Å². The molecular formula is C13H24N2OS. The lowest BCUT2D eigenvalue weighted by Gasteiger charge is -2.11. The van der Waals surface area contributed by atoms with Crippen molar-refractivity contribution in [3.8, 4) is 0 Å². The fourth-order valence-corrected chi connectivity index (χ4v) is 2.42. The zero-order valence-corrected chi connectivity index (χ0v) is 12.2. The molecule has 0 saturated heterocycles. The van der Waals surface area contributed by atoms with E-state index in [1.807, 2.05) is 13.8 Å². The van der Waals surface area contributed by atoms with Gasteiger partial charge < -0.3 is 9.73 Å². The zero-order chi connectivity index (χ0) is 12.7.